The van der Waals surface area contributed by atoms with E-state index in [0.29, 0.717) is 6.54 Å². The van der Waals surface area contributed by atoms with Gasteiger partial charge in [-0.05, 0) is 65.4 Å². The quantitative estimate of drug-likeness (QED) is 0.130. The molecule has 0 fully saturated rings. The van der Waals surface area contributed by atoms with Crippen molar-refractivity contribution in [3.05, 3.63) is 214 Å². The van der Waals surface area contributed by atoms with Crippen LogP contribution in [0.1, 0.15) is 51.4 Å². The van der Waals surface area contributed by atoms with Crippen molar-refractivity contribution < 1.29 is 0 Å². The largest absolute Gasteiger partial charge is 0.398 e. The second kappa shape index (κ2) is 12.1. The van der Waals surface area contributed by atoms with Gasteiger partial charge in [0.15, 0.2) is 0 Å². The maximum atomic E-state index is 7.05. The zero-order chi connectivity index (χ0) is 34.6. The number of nitrogen functional groups attached to an aromatic ring is 1. The summed E-state index contributed by atoms with van der Waals surface area (Å²) in [6, 6.07) is 60.7. The van der Waals surface area contributed by atoms with Gasteiger partial charge in [-0.2, -0.15) is 0 Å². The molecule has 10 rings (SSSR count). The van der Waals surface area contributed by atoms with Gasteiger partial charge in [0, 0.05) is 28.6 Å². The predicted molar refractivity (Wildman–Crippen MR) is 211 cm³/mol. The molecule has 0 radical (unpaired) electrons. The molecule has 0 saturated carbocycles. The molecule has 1 aliphatic carbocycles. The second-order valence-electron chi connectivity index (χ2n) is 13.9. The number of anilines is 1. The molecule has 2 unspecified atom stereocenters. The monoisotopic (exact) mass is 660 g/mol. The molecule has 0 bridgehead atoms. The minimum atomic E-state index is -0.593. The lowest BCUT2D eigenvalue weighted by Gasteiger charge is -2.51. The number of hydrogen-bond donors (Lipinski definition) is 3. The van der Waals surface area contributed by atoms with Gasteiger partial charge in [0.25, 0.3) is 0 Å². The number of nitrogens with zero attached hydrogens (tertiary/aromatic N) is 1. The topological polar surface area (TPSA) is 55.0 Å². The summed E-state index contributed by atoms with van der Waals surface area (Å²) in [6.07, 6.45) is 0. The molecule has 2 heterocycles. The predicted octanol–water partition coefficient (Wildman–Crippen LogP) is 9.93. The summed E-state index contributed by atoms with van der Waals surface area (Å²) in [4.78, 5) is 0. The molecule has 0 saturated heterocycles. The third-order valence-electron chi connectivity index (χ3n) is 10.9. The Morgan fingerprint density at radius 3 is 1.90 bits per heavy atom. The van der Waals surface area contributed by atoms with E-state index in [-0.39, 0.29) is 0 Å². The molecule has 1 aromatic heterocycles. The van der Waals surface area contributed by atoms with Crippen LogP contribution in [0.3, 0.4) is 0 Å². The lowest BCUT2D eigenvalue weighted by molar-refractivity contribution is 0.347. The zero-order valence-corrected chi connectivity index (χ0v) is 28.9. The molecule has 1 spiro atoms. The first-order chi connectivity index (χ1) is 25.0. The highest BCUT2D eigenvalue weighted by atomic mass is 15.4. The third kappa shape index (κ3) is 4.61. The molecule has 2 atom stereocenters. The zero-order valence-electron chi connectivity index (χ0n) is 28.9. The van der Waals surface area contributed by atoms with E-state index in [1.165, 1.54) is 66.4 Å². The Hall–Kier alpha value is -5.94. The van der Waals surface area contributed by atoms with Crippen LogP contribution in [0.15, 0.2) is 170 Å². The fourth-order valence-electron chi connectivity index (χ4n) is 8.83. The Morgan fingerprint density at radius 2 is 1.14 bits per heavy atom. The molecule has 4 N–H and O–H groups in total. The number of rotatable bonds is 4. The summed E-state index contributed by atoms with van der Waals surface area (Å²) >= 11 is 0. The summed E-state index contributed by atoms with van der Waals surface area (Å²) < 4.78 is 2.47. The van der Waals surface area contributed by atoms with Gasteiger partial charge < -0.3 is 10.3 Å². The lowest BCUT2D eigenvalue weighted by Crippen LogP contribution is -2.54. The number of aryl methyl sites for hydroxylation is 1. The average molecular weight is 661 g/mol. The van der Waals surface area contributed by atoms with Gasteiger partial charge in [-0.1, -0.05) is 157 Å². The van der Waals surface area contributed by atoms with E-state index in [0.717, 1.165) is 11.3 Å². The van der Waals surface area contributed by atoms with Crippen LogP contribution in [0.2, 0.25) is 0 Å². The Kier molecular flexibility index (Phi) is 7.39. The van der Waals surface area contributed by atoms with Crippen molar-refractivity contribution in [3.8, 4) is 5.69 Å². The van der Waals surface area contributed by atoms with Crippen molar-refractivity contribution in [3.63, 3.8) is 0 Å². The van der Waals surface area contributed by atoms with E-state index in [9.17, 15) is 0 Å². The van der Waals surface area contributed by atoms with Gasteiger partial charge in [-0.3, -0.25) is 5.43 Å². The molecule has 1 aliphatic heterocycles. The first-order valence-electron chi connectivity index (χ1n) is 17.7. The van der Waals surface area contributed by atoms with Crippen LogP contribution in [0, 0.1) is 6.92 Å². The lowest BCUT2D eigenvalue weighted by atomic mass is 9.54. The molecule has 7 aromatic carbocycles. The SMILES string of the molecule is CC1(NNCc2ccccc2)c2ccccc2C2(c3ccccc3-n3c4ccccc4c4cccc2c43)c2cccc(N)c21.Cc1ccccc1. The second-order valence-corrected chi connectivity index (χ2v) is 13.9. The van der Waals surface area contributed by atoms with E-state index in [1.807, 2.05) is 30.3 Å². The number of hydrogen-bond acceptors (Lipinski definition) is 3. The van der Waals surface area contributed by atoms with E-state index in [4.69, 9.17) is 5.73 Å². The maximum absolute atomic E-state index is 7.05. The molecule has 0 amide bonds. The Bertz CT molecular complexity index is 2550. The van der Waals surface area contributed by atoms with Crippen molar-refractivity contribution >= 4 is 27.5 Å². The Labute approximate surface area is 299 Å². The standard InChI is InChI=1S/C40H32N4.C7H8/c1-39(43-42-25-26-13-3-2-4-14-26)29-17-6-7-18-30(29)40(32-20-12-22-34(41)37(32)39)31-19-8-10-24-36(31)44-35-23-9-5-15-27(35)28-16-11-21-33(40)38(28)44;1-7-5-3-2-4-6-7/h2-24,42-43H,25,41H2,1H3;2-6H,1H3. The van der Waals surface area contributed by atoms with Gasteiger partial charge in [0.1, 0.15) is 0 Å². The highest BCUT2D eigenvalue weighted by Gasteiger charge is 2.54. The first-order valence-corrected chi connectivity index (χ1v) is 17.7. The number of benzene rings is 7. The van der Waals surface area contributed by atoms with Crippen molar-refractivity contribution in [1.29, 1.82) is 0 Å². The fourth-order valence-corrected chi connectivity index (χ4v) is 8.83. The van der Waals surface area contributed by atoms with Crippen molar-refractivity contribution in [2.45, 2.75) is 31.3 Å². The van der Waals surface area contributed by atoms with Crippen molar-refractivity contribution in [2.24, 2.45) is 0 Å². The molecule has 4 nitrogen and oxygen atoms in total. The van der Waals surface area contributed by atoms with E-state index >= 15 is 0 Å². The summed E-state index contributed by atoms with van der Waals surface area (Å²) in [5.41, 5.74) is 27.6. The number of aromatic nitrogens is 1. The van der Waals surface area contributed by atoms with Crippen LogP contribution in [0.5, 0.6) is 0 Å². The molecular formula is C47H40N4. The normalized spacial score (nSPS) is 18.1. The number of hydrazine groups is 1. The smallest absolute Gasteiger partial charge is 0.0819 e. The van der Waals surface area contributed by atoms with E-state index in [1.54, 1.807) is 0 Å². The Balaban J connectivity index is 0.000000448. The highest BCUT2D eigenvalue weighted by Crippen LogP contribution is 2.60. The minimum Gasteiger partial charge on any atom is -0.398 e. The van der Waals surface area contributed by atoms with Gasteiger partial charge in [-0.15, -0.1) is 0 Å². The molecule has 8 aromatic rings. The van der Waals surface area contributed by atoms with Crippen LogP contribution in [-0.4, -0.2) is 4.57 Å². The van der Waals surface area contributed by atoms with Crippen LogP contribution in [-0.2, 0) is 17.5 Å². The molecule has 4 heteroatoms. The first kappa shape index (κ1) is 31.1. The molecule has 2 aliphatic rings. The number of fused-ring (bicyclic) bond motifs is 11. The third-order valence-corrected chi connectivity index (χ3v) is 10.9. The van der Waals surface area contributed by atoms with E-state index < -0.39 is 11.0 Å². The average Bonchev–Trinajstić information content (AvgIpc) is 3.51. The Morgan fingerprint density at radius 1 is 0.549 bits per heavy atom. The number of nitrogens with two attached hydrogens (primary N) is 1. The molecular weight excluding hydrogens is 621 g/mol. The van der Waals surface area contributed by atoms with Crippen molar-refractivity contribution in [1.82, 2.24) is 15.4 Å². The summed E-state index contributed by atoms with van der Waals surface area (Å²) in [5.74, 6) is 0. The van der Waals surface area contributed by atoms with Gasteiger partial charge in [-0.25, -0.2) is 5.43 Å². The number of nitrogens with one attached hydrogen (secondary N) is 2. The number of para-hydroxylation sites is 3. The summed E-state index contributed by atoms with van der Waals surface area (Å²) in [7, 11) is 0. The van der Waals surface area contributed by atoms with Gasteiger partial charge in [0.2, 0.25) is 0 Å². The highest BCUT2D eigenvalue weighted by molar-refractivity contribution is 6.12. The maximum Gasteiger partial charge on any atom is 0.0819 e. The fraction of sp³-hybridized carbons (Fsp3) is 0.106. The van der Waals surface area contributed by atoms with Gasteiger partial charge in [0.05, 0.1) is 27.7 Å². The molecule has 51 heavy (non-hydrogen) atoms. The summed E-state index contributed by atoms with van der Waals surface area (Å²) in [5, 5.41) is 2.54. The van der Waals surface area contributed by atoms with Crippen LogP contribution >= 0.6 is 0 Å². The van der Waals surface area contributed by atoms with E-state index in [2.05, 4.69) is 169 Å². The van der Waals surface area contributed by atoms with Crippen LogP contribution in [0.4, 0.5) is 5.69 Å². The molecule has 248 valence electrons. The summed E-state index contributed by atoms with van der Waals surface area (Å²) in [6.45, 7) is 5.03. The van der Waals surface area contributed by atoms with Crippen molar-refractivity contribution in [2.75, 3.05) is 5.73 Å². The minimum absolute atomic E-state index is 0.567. The van der Waals surface area contributed by atoms with Gasteiger partial charge >= 0.3 is 0 Å². The van der Waals surface area contributed by atoms with Crippen LogP contribution < -0.4 is 16.6 Å². The van der Waals surface area contributed by atoms with Crippen LogP contribution in [0.25, 0.3) is 27.5 Å².